The number of rotatable bonds is 1. The van der Waals surface area contributed by atoms with E-state index in [1.54, 1.807) is 0 Å². The predicted octanol–water partition coefficient (Wildman–Crippen LogP) is 2.21. The van der Waals surface area contributed by atoms with Gasteiger partial charge in [-0.3, -0.25) is 0 Å². The molecular formula is C9H3F5N2. The van der Waals surface area contributed by atoms with Gasteiger partial charge in [-0.15, -0.1) is 0 Å². The van der Waals surface area contributed by atoms with E-state index in [1.165, 1.54) is 6.07 Å². The number of hydrogen-bond donors (Lipinski definition) is 1. The molecule has 0 atom stereocenters. The van der Waals surface area contributed by atoms with Gasteiger partial charge >= 0.3 is 0 Å². The van der Waals surface area contributed by atoms with Crippen LogP contribution in [0.5, 0.6) is 0 Å². The second-order valence-corrected chi connectivity index (χ2v) is 2.67. The van der Waals surface area contributed by atoms with Crippen LogP contribution >= 0.6 is 0 Å². The molecule has 7 heteroatoms. The second kappa shape index (κ2) is 4.18. The van der Waals surface area contributed by atoms with Crippen molar-refractivity contribution in [1.29, 1.82) is 5.26 Å². The number of hydrogen-bond acceptors (Lipinski definition) is 2. The lowest BCUT2D eigenvalue weighted by Gasteiger charge is -2.07. The van der Waals surface area contributed by atoms with Crippen molar-refractivity contribution in [3.8, 4) is 6.07 Å². The normalized spacial score (nSPS) is 11.4. The molecule has 0 saturated heterocycles. The van der Waals surface area contributed by atoms with Gasteiger partial charge in [0.1, 0.15) is 0 Å². The molecule has 0 fully saturated rings. The van der Waals surface area contributed by atoms with Crippen LogP contribution in [0, 0.1) is 40.4 Å². The average Bonchev–Trinajstić information content (AvgIpc) is 2.24. The van der Waals surface area contributed by atoms with Crippen LogP contribution in [-0.2, 0) is 0 Å². The van der Waals surface area contributed by atoms with E-state index in [4.69, 9.17) is 11.0 Å². The molecule has 0 bridgehead atoms. The molecule has 2 N–H and O–H groups in total. The number of nitrogens with zero attached hydrogens (tertiary/aromatic N) is 1. The predicted molar refractivity (Wildman–Crippen MR) is 44.0 cm³/mol. The molecule has 0 heterocycles. The highest BCUT2D eigenvalue weighted by Crippen LogP contribution is 2.26. The van der Waals surface area contributed by atoms with Crippen LogP contribution in [0.25, 0.3) is 5.70 Å². The topological polar surface area (TPSA) is 49.8 Å². The van der Waals surface area contributed by atoms with Crippen LogP contribution in [0.4, 0.5) is 22.0 Å². The molecule has 0 radical (unpaired) electrons. The Morgan fingerprint density at radius 3 is 1.69 bits per heavy atom. The molecule has 0 amide bonds. The molecule has 0 unspecified atom stereocenters. The summed E-state index contributed by atoms with van der Waals surface area (Å²) in [5, 5.41) is 8.16. The Bertz CT molecular complexity index is 487. The van der Waals surface area contributed by atoms with Crippen LogP contribution < -0.4 is 5.73 Å². The molecule has 1 rings (SSSR count). The van der Waals surface area contributed by atoms with Gasteiger partial charge in [0.25, 0.3) is 0 Å². The minimum absolute atomic E-state index is 0.471. The summed E-state index contributed by atoms with van der Waals surface area (Å²) in [6.07, 6.45) is 0.471. The zero-order valence-corrected chi connectivity index (χ0v) is 7.49. The third-order valence-corrected chi connectivity index (χ3v) is 1.72. The van der Waals surface area contributed by atoms with Gasteiger partial charge < -0.3 is 5.73 Å². The maximum absolute atomic E-state index is 13.0. The molecule has 0 aliphatic heterocycles. The third-order valence-electron chi connectivity index (χ3n) is 1.72. The fraction of sp³-hybridized carbons (Fsp3) is 0. The summed E-state index contributed by atoms with van der Waals surface area (Å²) in [6.45, 7) is 0. The lowest BCUT2D eigenvalue weighted by Crippen LogP contribution is -2.10. The highest BCUT2D eigenvalue weighted by molar-refractivity contribution is 5.66. The zero-order chi connectivity index (χ0) is 12.5. The van der Waals surface area contributed by atoms with E-state index in [0.29, 0.717) is 6.08 Å². The van der Waals surface area contributed by atoms with Crippen LogP contribution in [0.3, 0.4) is 0 Å². The van der Waals surface area contributed by atoms with E-state index >= 15 is 0 Å². The van der Waals surface area contributed by atoms with Crippen LogP contribution in [0.15, 0.2) is 6.08 Å². The maximum Gasteiger partial charge on any atom is 0.200 e. The summed E-state index contributed by atoms with van der Waals surface area (Å²) >= 11 is 0. The van der Waals surface area contributed by atoms with Gasteiger partial charge in [-0.2, -0.15) is 5.26 Å². The second-order valence-electron chi connectivity index (χ2n) is 2.67. The first-order valence-corrected chi connectivity index (χ1v) is 3.78. The number of halogens is 5. The largest absolute Gasteiger partial charge is 0.397 e. The van der Waals surface area contributed by atoms with Crippen molar-refractivity contribution in [1.82, 2.24) is 0 Å². The summed E-state index contributed by atoms with van der Waals surface area (Å²) in [7, 11) is 0. The van der Waals surface area contributed by atoms with Gasteiger partial charge in [-0.1, -0.05) is 0 Å². The first kappa shape index (κ1) is 12.0. The van der Waals surface area contributed by atoms with Crippen molar-refractivity contribution in [2.75, 3.05) is 0 Å². The van der Waals surface area contributed by atoms with E-state index in [1.807, 2.05) is 0 Å². The maximum atomic E-state index is 13.0. The van der Waals surface area contributed by atoms with E-state index in [2.05, 4.69) is 0 Å². The Hall–Kier alpha value is -2.10. The summed E-state index contributed by atoms with van der Waals surface area (Å²) in [4.78, 5) is 0. The quantitative estimate of drug-likeness (QED) is 0.350. The minimum atomic E-state index is -2.27. The van der Waals surface area contributed by atoms with Gasteiger partial charge in [0.05, 0.1) is 17.3 Å². The lowest BCUT2D eigenvalue weighted by molar-refractivity contribution is 0.376. The minimum Gasteiger partial charge on any atom is -0.397 e. The first-order valence-electron chi connectivity index (χ1n) is 3.78. The Kier molecular flexibility index (Phi) is 3.13. The summed E-state index contributed by atoms with van der Waals surface area (Å²) in [6, 6.07) is 1.31. The van der Waals surface area contributed by atoms with Crippen molar-refractivity contribution in [3.63, 3.8) is 0 Å². The van der Waals surface area contributed by atoms with Gasteiger partial charge in [0.15, 0.2) is 23.3 Å². The molecule has 16 heavy (non-hydrogen) atoms. The summed E-state index contributed by atoms with van der Waals surface area (Å²) in [5.41, 5.74) is 2.85. The highest BCUT2D eigenvalue weighted by atomic mass is 19.2. The molecule has 0 saturated carbocycles. The highest BCUT2D eigenvalue weighted by Gasteiger charge is 2.26. The number of nitrogens with two attached hydrogens (primary N) is 1. The van der Waals surface area contributed by atoms with Crippen LogP contribution in [0.1, 0.15) is 5.56 Å². The summed E-state index contributed by atoms with van der Waals surface area (Å²) < 4.78 is 64.0. The third kappa shape index (κ3) is 1.69. The average molecular weight is 234 g/mol. The van der Waals surface area contributed by atoms with Crippen LogP contribution in [-0.4, -0.2) is 0 Å². The molecule has 0 aliphatic rings. The molecule has 84 valence electrons. The molecule has 2 nitrogen and oxygen atoms in total. The molecule has 0 aromatic heterocycles. The molecule has 0 spiro atoms. The Morgan fingerprint density at radius 2 is 1.31 bits per heavy atom. The van der Waals surface area contributed by atoms with E-state index < -0.39 is 40.3 Å². The SMILES string of the molecule is N#C/C=C(\N)c1c(F)c(F)c(F)c(F)c1F. The van der Waals surface area contributed by atoms with Gasteiger partial charge in [-0.25, -0.2) is 22.0 Å². The smallest absolute Gasteiger partial charge is 0.200 e. The lowest BCUT2D eigenvalue weighted by atomic mass is 10.1. The van der Waals surface area contributed by atoms with Crippen molar-refractivity contribution in [2.24, 2.45) is 5.73 Å². The Balaban J connectivity index is 3.66. The number of nitriles is 1. The fourth-order valence-electron chi connectivity index (χ4n) is 1.00. The first-order chi connectivity index (χ1) is 7.41. The molecular weight excluding hydrogens is 231 g/mol. The van der Waals surface area contributed by atoms with Gasteiger partial charge in [0, 0.05) is 6.08 Å². The van der Waals surface area contributed by atoms with E-state index in [-0.39, 0.29) is 0 Å². The zero-order valence-electron chi connectivity index (χ0n) is 7.49. The fourth-order valence-corrected chi connectivity index (χ4v) is 1.00. The Labute approximate surface area is 86.4 Å². The summed E-state index contributed by atoms with van der Waals surface area (Å²) in [5.74, 6) is -10.6. The Morgan fingerprint density at radius 1 is 0.938 bits per heavy atom. The number of benzene rings is 1. The molecule has 0 aliphatic carbocycles. The van der Waals surface area contributed by atoms with Crippen molar-refractivity contribution < 1.29 is 22.0 Å². The molecule has 1 aromatic carbocycles. The van der Waals surface area contributed by atoms with Crippen molar-refractivity contribution >= 4 is 5.70 Å². The van der Waals surface area contributed by atoms with Gasteiger partial charge in [-0.05, 0) is 0 Å². The van der Waals surface area contributed by atoms with Crippen molar-refractivity contribution in [2.45, 2.75) is 0 Å². The monoisotopic (exact) mass is 234 g/mol. The van der Waals surface area contributed by atoms with Crippen LogP contribution in [0.2, 0.25) is 0 Å². The number of allylic oxidation sites excluding steroid dienone is 1. The standard InChI is InChI=1S/C9H3F5N2/c10-5-4(3(16)1-2-15)6(11)8(13)9(14)7(5)12/h1H,16H2/b3-1-. The van der Waals surface area contributed by atoms with Gasteiger partial charge in [0.2, 0.25) is 5.82 Å². The van der Waals surface area contributed by atoms with Crippen molar-refractivity contribution in [3.05, 3.63) is 40.7 Å². The van der Waals surface area contributed by atoms with E-state index in [0.717, 1.165) is 0 Å². The van der Waals surface area contributed by atoms with E-state index in [9.17, 15) is 22.0 Å². The molecule has 1 aromatic rings.